The fourth-order valence-electron chi connectivity index (χ4n) is 1.71. The summed E-state index contributed by atoms with van der Waals surface area (Å²) in [6, 6.07) is 13.1. The summed E-state index contributed by atoms with van der Waals surface area (Å²) in [6.07, 6.45) is 0. The molecule has 0 heterocycles. The van der Waals surface area contributed by atoms with Crippen molar-refractivity contribution in [3.8, 4) is 0 Å². The molecule has 0 aliphatic rings. The zero-order valence-electron chi connectivity index (χ0n) is 11.8. The number of hydrogen-bond acceptors (Lipinski definition) is 6. The monoisotopic (exact) mass is 332 g/mol. The second-order valence-electron chi connectivity index (χ2n) is 4.40. The van der Waals surface area contributed by atoms with Gasteiger partial charge in [-0.3, -0.25) is 14.9 Å². The summed E-state index contributed by atoms with van der Waals surface area (Å²) in [5, 5.41) is 11.2. The summed E-state index contributed by atoms with van der Waals surface area (Å²) in [4.78, 5) is 34.2. The fraction of sp³-hybridized carbons (Fsp3) is 0.0667. The third-order valence-electron chi connectivity index (χ3n) is 2.71. The van der Waals surface area contributed by atoms with Crippen LogP contribution in [0.25, 0.3) is 0 Å². The predicted octanol–water partition coefficient (Wildman–Crippen LogP) is 2.39. The topological polar surface area (TPSA) is 113 Å². The first kappa shape index (κ1) is 16.5. The van der Waals surface area contributed by atoms with Crippen molar-refractivity contribution in [1.29, 1.82) is 0 Å². The number of primary amides is 1. The minimum atomic E-state index is -0.844. The number of benzene rings is 2. The Balaban J connectivity index is 2.26. The van der Waals surface area contributed by atoms with Crippen molar-refractivity contribution < 1.29 is 19.2 Å². The highest BCUT2D eigenvalue weighted by Crippen LogP contribution is 2.35. The minimum Gasteiger partial charge on any atom is -0.452 e. The van der Waals surface area contributed by atoms with Gasteiger partial charge in [0.1, 0.15) is 0 Å². The van der Waals surface area contributed by atoms with Crippen molar-refractivity contribution in [2.24, 2.45) is 5.73 Å². The van der Waals surface area contributed by atoms with E-state index in [4.69, 9.17) is 5.73 Å². The maximum absolute atomic E-state index is 11.7. The SMILES string of the molecule is NC(=O)COC(=O)c1ccc(Sc2ccccc2)c([N+](=O)[O-])c1. The van der Waals surface area contributed by atoms with Crippen LogP contribution < -0.4 is 5.73 Å². The van der Waals surface area contributed by atoms with Crippen LogP contribution in [-0.2, 0) is 9.53 Å². The van der Waals surface area contributed by atoms with E-state index < -0.39 is 23.4 Å². The lowest BCUT2D eigenvalue weighted by atomic mass is 10.2. The summed E-state index contributed by atoms with van der Waals surface area (Å²) in [5.74, 6) is -1.65. The van der Waals surface area contributed by atoms with Gasteiger partial charge in [0.25, 0.3) is 11.6 Å². The molecule has 0 aliphatic heterocycles. The molecule has 23 heavy (non-hydrogen) atoms. The molecule has 0 aromatic heterocycles. The Kier molecular flexibility index (Phi) is 5.32. The average molecular weight is 332 g/mol. The molecule has 2 rings (SSSR count). The van der Waals surface area contributed by atoms with Crippen molar-refractivity contribution >= 4 is 29.3 Å². The number of nitro benzene ring substituents is 1. The maximum atomic E-state index is 11.7. The number of carbonyl (C=O) groups is 2. The molecule has 0 spiro atoms. The summed E-state index contributed by atoms with van der Waals surface area (Å²) in [7, 11) is 0. The molecule has 2 aromatic carbocycles. The van der Waals surface area contributed by atoms with Gasteiger partial charge in [0, 0.05) is 11.0 Å². The molecule has 0 radical (unpaired) electrons. The number of nitrogens with two attached hydrogens (primary N) is 1. The minimum absolute atomic E-state index is 0.0182. The van der Waals surface area contributed by atoms with Crippen LogP contribution in [0.5, 0.6) is 0 Å². The van der Waals surface area contributed by atoms with Crippen LogP contribution in [0.15, 0.2) is 58.3 Å². The largest absolute Gasteiger partial charge is 0.452 e. The zero-order valence-corrected chi connectivity index (χ0v) is 12.6. The van der Waals surface area contributed by atoms with E-state index in [0.29, 0.717) is 4.90 Å². The van der Waals surface area contributed by atoms with Crippen LogP contribution >= 0.6 is 11.8 Å². The van der Waals surface area contributed by atoms with Gasteiger partial charge in [-0.2, -0.15) is 0 Å². The molecular formula is C15H12N2O5S. The fourth-order valence-corrected chi connectivity index (χ4v) is 2.63. The third kappa shape index (κ3) is 4.55. The van der Waals surface area contributed by atoms with Crippen LogP contribution in [0.3, 0.4) is 0 Å². The first-order valence-electron chi connectivity index (χ1n) is 6.44. The Morgan fingerprint density at radius 1 is 1.17 bits per heavy atom. The smallest absolute Gasteiger partial charge is 0.338 e. The number of esters is 1. The highest BCUT2D eigenvalue weighted by atomic mass is 32.2. The second kappa shape index (κ2) is 7.41. The van der Waals surface area contributed by atoms with E-state index in [0.717, 1.165) is 11.0 Å². The average Bonchev–Trinajstić information content (AvgIpc) is 2.53. The van der Waals surface area contributed by atoms with Crippen LogP contribution in [0, 0.1) is 10.1 Å². The van der Waals surface area contributed by atoms with Gasteiger partial charge in [-0.25, -0.2) is 4.79 Å². The number of nitrogens with zero attached hydrogens (tertiary/aromatic N) is 1. The maximum Gasteiger partial charge on any atom is 0.338 e. The van der Waals surface area contributed by atoms with Gasteiger partial charge in [0.05, 0.1) is 15.4 Å². The van der Waals surface area contributed by atoms with E-state index in [1.807, 2.05) is 30.3 Å². The van der Waals surface area contributed by atoms with E-state index in [2.05, 4.69) is 4.74 Å². The third-order valence-corrected chi connectivity index (χ3v) is 3.78. The summed E-state index contributed by atoms with van der Waals surface area (Å²) >= 11 is 1.21. The lowest BCUT2D eigenvalue weighted by Gasteiger charge is -2.06. The van der Waals surface area contributed by atoms with Gasteiger partial charge < -0.3 is 10.5 Å². The molecule has 0 unspecified atom stereocenters. The first-order chi connectivity index (χ1) is 11.0. The Morgan fingerprint density at radius 3 is 2.48 bits per heavy atom. The number of carbonyl (C=O) groups excluding carboxylic acids is 2. The molecule has 0 saturated carbocycles. The predicted molar refractivity (Wildman–Crippen MR) is 83.1 cm³/mol. The normalized spacial score (nSPS) is 10.1. The van der Waals surface area contributed by atoms with Gasteiger partial charge in [0.15, 0.2) is 6.61 Å². The molecule has 0 saturated heterocycles. The van der Waals surface area contributed by atoms with E-state index >= 15 is 0 Å². The standard InChI is InChI=1S/C15H12N2O5S/c16-14(18)9-22-15(19)10-6-7-13(12(8-10)17(20)21)23-11-4-2-1-3-5-11/h1-8H,9H2,(H2,16,18). The molecule has 1 amide bonds. The number of rotatable bonds is 6. The number of amides is 1. The second-order valence-corrected chi connectivity index (χ2v) is 5.51. The van der Waals surface area contributed by atoms with Crippen LogP contribution in [0.2, 0.25) is 0 Å². The van der Waals surface area contributed by atoms with Gasteiger partial charge >= 0.3 is 5.97 Å². The van der Waals surface area contributed by atoms with Crippen molar-refractivity contribution in [1.82, 2.24) is 0 Å². The Morgan fingerprint density at radius 2 is 1.87 bits per heavy atom. The van der Waals surface area contributed by atoms with Crippen LogP contribution in [-0.4, -0.2) is 23.4 Å². The highest BCUT2D eigenvalue weighted by Gasteiger charge is 2.19. The summed E-state index contributed by atoms with van der Waals surface area (Å²) in [5.41, 5.74) is 4.65. The summed E-state index contributed by atoms with van der Waals surface area (Å²) in [6.45, 7) is -0.576. The van der Waals surface area contributed by atoms with Crippen molar-refractivity contribution in [2.45, 2.75) is 9.79 Å². The number of nitro groups is 1. The molecule has 118 valence electrons. The molecular weight excluding hydrogens is 320 g/mol. The van der Waals surface area contributed by atoms with Crippen LogP contribution in [0.4, 0.5) is 5.69 Å². The highest BCUT2D eigenvalue weighted by molar-refractivity contribution is 7.99. The number of hydrogen-bond donors (Lipinski definition) is 1. The Hall–Kier alpha value is -2.87. The van der Waals surface area contributed by atoms with E-state index in [9.17, 15) is 19.7 Å². The zero-order chi connectivity index (χ0) is 16.8. The van der Waals surface area contributed by atoms with Crippen molar-refractivity contribution in [3.05, 3.63) is 64.2 Å². The summed E-state index contributed by atoms with van der Waals surface area (Å²) < 4.78 is 4.64. The lowest BCUT2D eigenvalue weighted by molar-refractivity contribution is -0.387. The van der Waals surface area contributed by atoms with Gasteiger partial charge in [-0.15, -0.1) is 0 Å². The van der Waals surface area contributed by atoms with E-state index in [-0.39, 0.29) is 11.3 Å². The molecule has 0 bridgehead atoms. The quantitative estimate of drug-likeness (QED) is 0.494. The Bertz CT molecular complexity index is 749. The molecule has 2 aromatic rings. The van der Waals surface area contributed by atoms with E-state index in [1.165, 1.54) is 23.9 Å². The lowest BCUT2D eigenvalue weighted by Crippen LogP contribution is -2.20. The molecule has 8 heteroatoms. The van der Waals surface area contributed by atoms with Gasteiger partial charge in [-0.1, -0.05) is 30.0 Å². The molecule has 0 aliphatic carbocycles. The number of ether oxygens (including phenoxy) is 1. The molecule has 2 N–H and O–H groups in total. The van der Waals surface area contributed by atoms with Crippen molar-refractivity contribution in [2.75, 3.05) is 6.61 Å². The van der Waals surface area contributed by atoms with Crippen molar-refractivity contribution in [3.63, 3.8) is 0 Å². The Labute approximate surface area is 135 Å². The van der Waals surface area contributed by atoms with Gasteiger partial charge in [-0.05, 0) is 24.3 Å². The van der Waals surface area contributed by atoms with Crippen LogP contribution in [0.1, 0.15) is 10.4 Å². The molecule has 0 atom stereocenters. The molecule has 0 fully saturated rings. The van der Waals surface area contributed by atoms with E-state index in [1.54, 1.807) is 0 Å². The first-order valence-corrected chi connectivity index (χ1v) is 7.26. The molecule has 7 nitrogen and oxygen atoms in total. The van der Waals surface area contributed by atoms with Gasteiger partial charge in [0.2, 0.25) is 0 Å².